The maximum atomic E-state index is 11.9. The zero-order valence-corrected chi connectivity index (χ0v) is 10.4. The molecule has 1 heterocycles. The van der Waals surface area contributed by atoms with Crippen molar-refractivity contribution in [2.45, 2.75) is 0 Å². The minimum atomic E-state index is -0.495. The monoisotopic (exact) mass is 283 g/mol. The average molecular weight is 284 g/mol. The molecular weight excluding hydrogens is 277 g/mol. The summed E-state index contributed by atoms with van der Waals surface area (Å²) in [6, 6.07) is 5.57. The number of benzene rings is 1. The Balaban J connectivity index is 2.24. The van der Waals surface area contributed by atoms with Crippen LogP contribution >= 0.6 is 23.2 Å². The van der Waals surface area contributed by atoms with Crippen LogP contribution in [0.25, 0.3) is 0 Å². The number of nitrogens with one attached hydrogen (secondary N) is 1. The molecule has 0 aliphatic rings. The molecule has 1 aromatic heterocycles. The Bertz CT molecular complexity index is 605. The van der Waals surface area contributed by atoms with E-state index in [4.69, 9.17) is 23.2 Å². The highest BCUT2D eigenvalue weighted by molar-refractivity contribution is 6.34. The van der Waals surface area contributed by atoms with Gasteiger partial charge in [0.1, 0.15) is 11.6 Å². The fourth-order valence-corrected chi connectivity index (χ4v) is 1.63. The van der Waals surface area contributed by atoms with Crippen LogP contribution in [0.15, 0.2) is 30.5 Å². The van der Waals surface area contributed by atoms with Crippen LogP contribution in [-0.2, 0) is 0 Å². The summed E-state index contributed by atoms with van der Waals surface area (Å²) >= 11 is 11.4. The first-order valence-electron chi connectivity index (χ1n) is 4.84. The number of aromatic nitrogens is 2. The molecule has 0 unspecified atom stereocenters. The Morgan fingerprint density at radius 2 is 2.06 bits per heavy atom. The van der Waals surface area contributed by atoms with Crippen LogP contribution in [0.1, 0.15) is 10.4 Å². The number of nitrogens with zero attached hydrogens (tertiary/aromatic N) is 2. The number of phenolic OH excluding ortho intramolecular Hbond substituents is 1. The third kappa shape index (κ3) is 2.88. The number of rotatable bonds is 2. The van der Waals surface area contributed by atoms with E-state index in [1.54, 1.807) is 0 Å². The van der Waals surface area contributed by atoms with Crippen molar-refractivity contribution in [1.29, 1.82) is 0 Å². The van der Waals surface area contributed by atoms with Gasteiger partial charge in [-0.15, -0.1) is 0 Å². The van der Waals surface area contributed by atoms with Gasteiger partial charge in [0.25, 0.3) is 5.91 Å². The molecule has 0 saturated heterocycles. The normalized spacial score (nSPS) is 10.1. The van der Waals surface area contributed by atoms with Gasteiger partial charge < -0.3 is 10.4 Å². The van der Waals surface area contributed by atoms with E-state index in [1.165, 1.54) is 30.5 Å². The lowest BCUT2D eigenvalue weighted by atomic mass is 10.2. The van der Waals surface area contributed by atoms with Gasteiger partial charge >= 0.3 is 0 Å². The lowest BCUT2D eigenvalue weighted by Gasteiger charge is -2.06. The third-order valence-electron chi connectivity index (χ3n) is 2.06. The lowest BCUT2D eigenvalue weighted by Crippen LogP contribution is -2.13. The first-order valence-corrected chi connectivity index (χ1v) is 5.60. The van der Waals surface area contributed by atoms with Crippen molar-refractivity contribution in [1.82, 2.24) is 9.97 Å². The fraction of sp³-hybridized carbons (Fsp3) is 0. The highest BCUT2D eigenvalue weighted by Gasteiger charge is 2.12. The molecule has 1 aromatic carbocycles. The fourth-order valence-electron chi connectivity index (χ4n) is 1.28. The van der Waals surface area contributed by atoms with E-state index in [1.807, 2.05) is 0 Å². The second kappa shape index (κ2) is 5.20. The van der Waals surface area contributed by atoms with Gasteiger partial charge in [0, 0.05) is 6.20 Å². The van der Waals surface area contributed by atoms with Crippen LogP contribution in [-0.4, -0.2) is 21.0 Å². The molecule has 1 amide bonds. The topological polar surface area (TPSA) is 75.1 Å². The van der Waals surface area contributed by atoms with Gasteiger partial charge in [0.05, 0.1) is 10.6 Å². The summed E-state index contributed by atoms with van der Waals surface area (Å²) in [5.41, 5.74) is 0.145. The molecule has 2 rings (SSSR count). The predicted molar refractivity (Wildman–Crippen MR) is 68.1 cm³/mol. The molecular formula is C11H7Cl2N3O2. The molecule has 0 spiro atoms. The summed E-state index contributed by atoms with van der Waals surface area (Å²) in [5, 5.41) is 12.1. The Hall–Kier alpha value is -1.85. The largest absolute Gasteiger partial charge is 0.508 e. The molecule has 0 aliphatic carbocycles. The van der Waals surface area contributed by atoms with Crippen molar-refractivity contribution in [3.63, 3.8) is 0 Å². The standard InChI is InChI=1S/C11H7Cl2N3O2/c12-8-2-1-6(17)5-7(8)10(18)15-9-3-4-14-11(13)16-9/h1-5,17H,(H,14,15,16,18). The van der Waals surface area contributed by atoms with Crippen LogP contribution in [0.3, 0.4) is 0 Å². The van der Waals surface area contributed by atoms with Crippen molar-refractivity contribution in [2.75, 3.05) is 5.32 Å². The van der Waals surface area contributed by atoms with Crippen LogP contribution < -0.4 is 5.32 Å². The van der Waals surface area contributed by atoms with E-state index in [-0.39, 0.29) is 27.4 Å². The number of aromatic hydroxyl groups is 1. The van der Waals surface area contributed by atoms with Crippen molar-refractivity contribution < 1.29 is 9.90 Å². The Morgan fingerprint density at radius 1 is 1.28 bits per heavy atom. The number of carbonyl (C=O) groups excluding carboxylic acids is 1. The third-order valence-corrected chi connectivity index (χ3v) is 2.57. The number of hydrogen-bond acceptors (Lipinski definition) is 4. The number of hydrogen-bond donors (Lipinski definition) is 2. The molecule has 0 aliphatic heterocycles. The predicted octanol–water partition coefficient (Wildman–Crippen LogP) is 2.74. The molecule has 2 aromatic rings. The van der Waals surface area contributed by atoms with Crippen LogP contribution in [0.2, 0.25) is 10.3 Å². The number of amides is 1. The molecule has 18 heavy (non-hydrogen) atoms. The minimum absolute atomic E-state index is 0.0230. The smallest absolute Gasteiger partial charge is 0.258 e. The van der Waals surface area contributed by atoms with Crippen LogP contribution in [0, 0.1) is 0 Å². The van der Waals surface area contributed by atoms with E-state index in [9.17, 15) is 9.90 Å². The highest BCUT2D eigenvalue weighted by Crippen LogP contribution is 2.22. The molecule has 2 N–H and O–H groups in total. The number of anilines is 1. The summed E-state index contributed by atoms with van der Waals surface area (Å²) in [5.74, 6) is -0.296. The van der Waals surface area contributed by atoms with Gasteiger partial charge in [-0.05, 0) is 35.9 Å². The lowest BCUT2D eigenvalue weighted by molar-refractivity contribution is 0.102. The molecule has 0 fully saturated rings. The summed E-state index contributed by atoms with van der Waals surface area (Å²) in [7, 11) is 0. The van der Waals surface area contributed by atoms with Crippen molar-refractivity contribution in [3.8, 4) is 5.75 Å². The van der Waals surface area contributed by atoms with E-state index in [0.717, 1.165) is 0 Å². The molecule has 5 nitrogen and oxygen atoms in total. The Morgan fingerprint density at radius 3 is 2.78 bits per heavy atom. The molecule has 0 atom stereocenters. The zero-order chi connectivity index (χ0) is 13.1. The van der Waals surface area contributed by atoms with Gasteiger partial charge in [-0.2, -0.15) is 0 Å². The summed E-state index contributed by atoms with van der Waals surface area (Å²) in [6.45, 7) is 0. The van der Waals surface area contributed by atoms with Gasteiger partial charge in [-0.25, -0.2) is 9.97 Å². The Kier molecular flexibility index (Phi) is 3.64. The summed E-state index contributed by atoms with van der Waals surface area (Å²) < 4.78 is 0. The summed E-state index contributed by atoms with van der Waals surface area (Å²) in [4.78, 5) is 19.4. The number of carbonyl (C=O) groups is 1. The zero-order valence-electron chi connectivity index (χ0n) is 8.89. The first kappa shape index (κ1) is 12.6. The maximum absolute atomic E-state index is 11.9. The van der Waals surface area contributed by atoms with Crippen molar-refractivity contribution >= 4 is 34.9 Å². The van der Waals surface area contributed by atoms with Crippen molar-refractivity contribution in [2.24, 2.45) is 0 Å². The van der Waals surface area contributed by atoms with E-state index < -0.39 is 5.91 Å². The van der Waals surface area contributed by atoms with Gasteiger partial charge in [0.2, 0.25) is 5.28 Å². The van der Waals surface area contributed by atoms with E-state index in [0.29, 0.717) is 0 Å². The van der Waals surface area contributed by atoms with E-state index >= 15 is 0 Å². The second-order valence-corrected chi connectivity index (χ2v) is 4.07. The summed E-state index contributed by atoms with van der Waals surface area (Å²) in [6.07, 6.45) is 1.41. The molecule has 0 saturated carbocycles. The Labute approximate surface area is 112 Å². The SMILES string of the molecule is O=C(Nc1ccnc(Cl)n1)c1cc(O)ccc1Cl. The molecule has 7 heteroatoms. The highest BCUT2D eigenvalue weighted by atomic mass is 35.5. The number of phenols is 1. The molecule has 92 valence electrons. The number of halogens is 2. The van der Waals surface area contributed by atoms with Crippen molar-refractivity contribution in [3.05, 3.63) is 46.3 Å². The molecule has 0 bridgehead atoms. The van der Waals surface area contributed by atoms with E-state index in [2.05, 4.69) is 15.3 Å². The van der Waals surface area contributed by atoms with Crippen LogP contribution in [0.4, 0.5) is 5.82 Å². The quantitative estimate of drug-likeness (QED) is 0.831. The average Bonchev–Trinajstić information content (AvgIpc) is 2.32. The van der Waals surface area contributed by atoms with Gasteiger partial charge in [0.15, 0.2) is 0 Å². The van der Waals surface area contributed by atoms with Gasteiger partial charge in [-0.3, -0.25) is 4.79 Å². The van der Waals surface area contributed by atoms with Gasteiger partial charge in [-0.1, -0.05) is 11.6 Å². The molecule has 0 radical (unpaired) electrons. The maximum Gasteiger partial charge on any atom is 0.258 e. The van der Waals surface area contributed by atoms with Crippen LogP contribution in [0.5, 0.6) is 5.75 Å². The minimum Gasteiger partial charge on any atom is -0.508 e. The second-order valence-electron chi connectivity index (χ2n) is 3.33. The first-order chi connectivity index (χ1) is 8.56.